The van der Waals surface area contributed by atoms with E-state index in [2.05, 4.69) is 5.32 Å². The third kappa shape index (κ3) is 4.82. The summed E-state index contributed by atoms with van der Waals surface area (Å²) in [7, 11) is 0. The van der Waals surface area contributed by atoms with Gasteiger partial charge in [0.15, 0.2) is 5.76 Å². The highest BCUT2D eigenvalue weighted by Crippen LogP contribution is 2.10. The molecule has 0 aliphatic heterocycles. The van der Waals surface area contributed by atoms with Gasteiger partial charge >= 0.3 is 5.97 Å². The summed E-state index contributed by atoms with van der Waals surface area (Å²) in [6.45, 7) is 5.07. The highest BCUT2D eigenvalue weighted by atomic mass is 16.5. The van der Waals surface area contributed by atoms with Crippen LogP contribution < -0.4 is 5.32 Å². The number of esters is 1. The molecule has 0 saturated heterocycles. The molecule has 0 atom stereocenters. The molecular formula is C14H17NO3. The number of anilines is 1. The number of amides is 1. The summed E-state index contributed by atoms with van der Waals surface area (Å²) in [6.07, 6.45) is 1.61. The number of allylic oxidation sites excluding steroid dienone is 1. The van der Waals surface area contributed by atoms with Crippen LogP contribution in [0.2, 0.25) is 0 Å². The molecule has 96 valence electrons. The van der Waals surface area contributed by atoms with E-state index in [9.17, 15) is 9.59 Å². The van der Waals surface area contributed by atoms with Crippen molar-refractivity contribution in [1.82, 2.24) is 0 Å². The number of benzene rings is 1. The van der Waals surface area contributed by atoms with Crippen LogP contribution in [0.3, 0.4) is 0 Å². The summed E-state index contributed by atoms with van der Waals surface area (Å²) in [5.74, 6) is -0.794. The van der Waals surface area contributed by atoms with Gasteiger partial charge in [-0.1, -0.05) is 32.0 Å². The predicted molar refractivity (Wildman–Crippen MR) is 69.8 cm³/mol. The lowest BCUT2D eigenvalue weighted by Gasteiger charge is -2.09. The molecule has 0 unspecified atom stereocenters. The molecule has 4 heteroatoms. The number of carbonyl (C=O) groups is 2. The van der Waals surface area contributed by atoms with E-state index in [1.54, 1.807) is 18.2 Å². The van der Waals surface area contributed by atoms with E-state index >= 15 is 0 Å². The van der Waals surface area contributed by atoms with Crippen LogP contribution in [0.25, 0.3) is 0 Å². The highest BCUT2D eigenvalue weighted by molar-refractivity contribution is 6.03. The van der Waals surface area contributed by atoms with Crippen molar-refractivity contribution in [3.8, 4) is 0 Å². The van der Waals surface area contributed by atoms with Crippen LogP contribution in [0, 0.1) is 5.92 Å². The van der Waals surface area contributed by atoms with Gasteiger partial charge < -0.3 is 10.1 Å². The van der Waals surface area contributed by atoms with Gasteiger partial charge in [-0.3, -0.25) is 9.59 Å². The Labute approximate surface area is 107 Å². The van der Waals surface area contributed by atoms with Crippen LogP contribution in [0.1, 0.15) is 20.8 Å². The molecule has 0 fully saturated rings. The van der Waals surface area contributed by atoms with E-state index in [1.807, 2.05) is 32.0 Å². The van der Waals surface area contributed by atoms with Crippen molar-refractivity contribution in [1.29, 1.82) is 0 Å². The summed E-state index contributed by atoms with van der Waals surface area (Å²) in [5.41, 5.74) is 0.657. The summed E-state index contributed by atoms with van der Waals surface area (Å²) in [4.78, 5) is 22.9. The van der Waals surface area contributed by atoms with Gasteiger partial charge in [-0.15, -0.1) is 0 Å². The highest BCUT2D eigenvalue weighted by Gasteiger charge is 2.14. The summed E-state index contributed by atoms with van der Waals surface area (Å²) in [6, 6.07) is 9.00. The first kappa shape index (κ1) is 14.0. The monoisotopic (exact) mass is 247 g/mol. The molecule has 0 aliphatic carbocycles. The van der Waals surface area contributed by atoms with Gasteiger partial charge in [0, 0.05) is 12.6 Å². The van der Waals surface area contributed by atoms with E-state index in [1.165, 1.54) is 6.92 Å². The normalized spacial score (nSPS) is 11.2. The second kappa shape index (κ2) is 6.59. The third-order valence-electron chi connectivity index (χ3n) is 1.99. The lowest BCUT2D eigenvalue weighted by Crippen LogP contribution is -2.18. The topological polar surface area (TPSA) is 55.4 Å². The Morgan fingerprint density at radius 3 is 2.33 bits per heavy atom. The van der Waals surface area contributed by atoms with Crippen molar-refractivity contribution in [2.45, 2.75) is 20.8 Å². The van der Waals surface area contributed by atoms with Crippen molar-refractivity contribution >= 4 is 17.6 Å². The molecule has 1 rings (SSSR count). The summed E-state index contributed by atoms with van der Waals surface area (Å²) in [5, 5.41) is 2.67. The molecule has 1 aromatic carbocycles. The molecule has 1 aromatic rings. The second-order valence-corrected chi connectivity index (χ2v) is 4.19. The number of ether oxygens (including phenoxy) is 1. The standard InChI is InChI=1S/C14H17NO3/c1-10(2)9-13(18-11(3)16)14(17)15-12-7-5-4-6-8-12/h4-10H,1-3H3,(H,15,17). The Kier molecular flexibility index (Phi) is 5.11. The predicted octanol–water partition coefficient (Wildman–Crippen LogP) is 2.73. The fourth-order valence-corrected chi connectivity index (χ4v) is 1.33. The van der Waals surface area contributed by atoms with Gasteiger partial charge in [-0.05, 0) is 24.1 Å². The first-order valence-electron chi connectivity index (χ1n) is 5.75. The minimum absolute atomic E-state index is 0.0290. The molecule has 0 aromatic heterocycles. The summed E-state index contributed by atoms with van der Waals surface area (Å²) >= 11 is 0. The molecule has 4 nitrogen and oxygen atoms in total. The van der Waals surface area contributed by atoms with Crippen LogP contribution >= 0.6 is 0 Å². The van der Waals surface area contributed by atoms with Gasteiger partial charge in [-0.2, -0.15) is 0 Å². The molecule has 0 radical (unpaired) electrons. The number of hydrogen-bond donors (Lipinski definition) is 1. The van der Waals surface area contributed by atoms with Crippen LogP contribution in [0.4, 0.5) is 5.69 Å². The Hall–Kier alpha value is -2.10. The lowest BCUT2D eigenvalue weighted by atomic mass is 10.2. The molecule has 18 heavy (non-hydrogen) atoms. The number of hydrogen-bond acceptors (Lipinski definition) is 3. The molecule has 1 N–H and O–H groups in total. The quantitative estimate of drug-likeness (QED) is 0.505. The zero-order valence-corrected chi connectivity index (χ0v) is 10.8. The Morgan fingerprint density at radius 1 is 1.22 bits per heavy atom. The Bertz CT molecular complexity index is 449. The molecule has 1 amide bonds. The van der Waals surface area contributed by atoms with E-state index < -0.39 is 11.9 Å². The van der Waals surface area contributed by atoms with Crippen LogP contribution in [0.15, 0.2) is 42.2 Å². The molecular weight excluding hydrogens is 230 g/mol. The average Bonchev–Trinajstić information content (AvgIpc) is 2.28. The minimum Gasteiger partial charge on any atom is -0.421 e. The van der Waals surface area contributed by atoms with E-state index in [-0.39, 0.29) is 11.7 Å². The van der Waals surface area contributed by atoms with E-state index in [4.69, 9.17) is 4.74 Å². The van der Waals surface area contributed by atoms with Crippen molar-refractivity contribution in [2.24, 2.45) is 5.92 Å². The zero-order valence-electron chi connectivity index (χ0n) is 10.8. The smallest absolute Gasteiger partial charge is 0.308 e. The first-order chi connectivity index (χ1) is 8.49. The lowest BCUT2D eigenvalue weighted by molar-refractivity contribution is -0.139. The third-order valence-corrected chi connectivity index (χ3v) is 1.99. The fraction of sp³-hybridized carbons (Fsp3) is 0.286. The average molecular weight is 247 g/mol. The van der Waals surface area contributed by atoms with Crippen molar-refractivity contribution in [2.75, 3.05) is 5.32 Å². The van der Waals surface area contributed by atoms with Gasteiger partial charge in [0.25, 0.3) is 5.91 Å². The fourth-order valence-electron chi connectivity index (χ4n) is 1.33. The maximum atomic E-state index is 11.9. The molecule has 0 aliphatic rings. The van der Waals surface area contributed by atoms with E-state index in [0.29, 0.717) is 5.69 Å². The van der Waals surface area contributed by atoms with Gasteiger partial charge in [0.1, 0.15) is 0 Å². The van der Waals surface area contributed by atoms with Gasteiger partial charge in [0.2, 0.25) is 0 Å². The number of carbonyl (C=O) groups excluding carboxylic acids is 2. The molecule has 0 heterocycles. The van der Waals surface area contributed by atoms with Crippen molar-refractivity contribution in [3.05, 3.63) is 42.2 Å². The van der Waals surface area contributed by atoms with Crippen LogP contribution in [0.5, 0.6) is 0 Å². The molecule has 0 saturated carbocycles. The molecule has 0 bridgehead atoms. The molecule has 0 spiro atoms. The maximum absolute atomic E-state index is 11.9. The number of nitrogens with one attached hydrogen (secondary N) is 1. The number of para-hydroxylation sites is 1. The SMILES string of the molecule is CC(=O)OC(=CC(C)C)C(=O)Nc1ccccc1. The minimum atomic E-state index is -0.509. The van der Waals surface area contributed by atoms with Crippen molar-refractivity contribution in [3.63, 3.8) is 0 Å². The number of rotatable bonds is 4. The zero-order chi connectivity index (χ0) is 13.5. The largest absolute Gasteiger partial charge is 0.421 e. The van der Waals surface area contributed by atoms with Crippen LogP contribution in [-0.2, 0) is 14.3 Å². The van der Waals surface area contributed by atoms with E-state index in [0.717, 1.165) is 0 Å². The second-order valence-electron chi connectivity index (χ2n) is 4.19. The van der Waals surface area contributed by atoms with Crippen molar-refractivity contribution < 1.29 is 14.3 Å². The summed E-state index contributed by atoms with van der Waals surface area (Å²) < 4.78 is 4.91. The van der Waals surface area contributed by atoms with Crippen LogP contribution in [-0.4, -0.2) is 11.9 Å². The Morgan fingerprint density at radius 2 is 1.83 bits per heavy atom. The Balaban J connectivity index is 2.80. The van der Waals surface area contributed by atoms with Gasteiger partial charge in [0.05, 0.1) is 0 Å². The van der Waals surface area contributed by atoms with Gasteiger partial charge in [-0.25, -0.2) is 0 Å². The first-order valence-corrected chi connectivity index (χ1v) is 5.75. The maximum Gasteiger partial charge on any atom is 0.308 e.